The molecule has 3 aromatic rings. The summed E-state index contributed by atoms with van der Waals surface area (Å²) < 4.78 is 11.0. The summed E-state index contributed by atoms with van der Waals surface area (Å²) in [6, 6.07) is 7.98. The summed E-state index contributed by atoms with van der Waals surface area (Å²) in [4.78, 5) is 30.4. The van der Waals surface area contributed by atoms with Crippen LogP contribution in [0.3, 0.4) is 0 Å². The molecule has 1 aliphatic carbocycles. The van der Waals surface area contributed by atoms with E-state index >= 15 is 0 Å². The lowest BCUT2D eigenvalue weighted by atomic mass is 10.1. The number of nitrogens with zero attached hydrogens (tertiary/aromatic N) is 4. The molecule has 8 nitrogen and oxygen atoms in total. The SMILES string of the molecule is C=C(C)c1ccc(COc2nc(-c3c(CC)ncnc3C3CC3)ncc2NC(=O)COC)cc1. The number of carbonyl (C=O) groups is 1. The van der Waals surface area contributed by atoms with Crippen molar-refractivity contribution in [1.82, 2.24) is 19.9 Å². The number of anilines is 1. The molecule has 0 aliphatic heterocycles. The largest absolute Gasteiger partial charge is 0.471 e. The Morgan fingerprint density at radius 1 is 1.18 bits per heavy atom. The zero-order valence-electron chi connectivity index (χ0n) is 19.8. The summed E-state index contributed by atoms with van der Waals surface area (Å²) in [6.45, 7) is 8.19. The second-order valence-corrected chi connectivity index (χ2v) is 8.37. The highest BCUT2D eigenvalue weighted by Crippen LogP contribution is 2.43. The number of aromatic nitrogens is 4. The molecule has 1 N–H and O–H groups in total. The Bertz CT molecular complexity index is 1190. The minimum Gasteiger partial charge on any atom is -0.471 e. The van der Waals surface area contributed by atoms with Gasteiger partial charge in [-0.25, -0.2) is 15.0 Å². The van der Waals surface area contributed by atoms with Crippen LogP contribution >= 0.6 is 0 Å². The lowest BCUT2D eigenvalue weighted by Crippen LogP contribution is -2.18. The average Bonchev–Trinajstić information content (AvgIpc) is 3.69. The number of methoxy groups -OCH3 is 1. The van der Waals surface area contributed by atoms with E-state index < -0.39 is 0 Å². The van der Waals surface area contributed by atoms with Crippen LogP contribution in [0.25, 0.3) is 17.0 Å². The average molecular weight is 460 g/mol. The first-order valence-electron chi connectivity index (χ1n) is 11.4. The van der Waals surface area contributed by atoms with E-state index in [0.717, 1.165) is 52.9 Å². The molecule has 0 radical (unpaired) electrons. The molecule has 34 heavy (non-hydrogen) atoms. The first kappa shape index (κ1) is 23.5. The van der Waals surface area contributed by atoms with E-state index in [-0.39, 0.29) is 25.0 Å². The first-order valence-corrected chi connectivity index (χ1v) is 11.4. The van der Waals surface area contributed by atoms with E-state index in [1.807, 2.05) is 38.1 Å². The third-order valence-corrected chi connectivity index (χ3v) is 5.60. The van der Waals surface area contributed by atoms with Crippen molar-refractivity contribution in [3.8, 4) is 17.3 Å². The fraction of sp³-hybridized carbons (Fsp3) is 0.346. The molecular weight excluding hydrogens is 430 g/mol. The quantitative estimate of drug-likeness (QED) is 0.474. The number of allylic oxidation sites excluding steroid dienone is 1. The lowest BCUT2D eigenvalue weighted by molar-refractivity contribution is -0.119. The van der Waals surface area contributed by atoms with Gasteiger partial charge in [-0.3, -0.25) is 4.79 Å². The summed E-state index contributed by atoms with van der Waals surface area (Å²) in [5.41, 5.74) is 6.16. The van der Waals surface area contributed by atoms with Gasteiger partial charge in [-0.15, -0.1) is 0 Å². The molecule has 176 valence electrons. The van der Waals surface area contributed by atoms with Crippen LogP contribution in [0.1, 0.15) is 55.1 Å². The number of nitrogens with one attached hydrogen (secondary N) is 1. The molecule has 2 heterocycles. The summed E-state index contributed by atoms with van der Waals surface area (Å²) in [5.74, 6) is 0.873. The summed E-state index contributed by atoms with van der Waals surface area (Å²) >= 11 is 0. The molecule has 1 aromatic carbocycles. The Hall–Kier alpha value is -3.65. The minimum absolute atomic E-state index is 0.0815. The van der Waals surface area contributed by atoms with Crippen LogP contribution in [0.4, 0.5) is 5.69 Å². The van der Waals surface area contributed by atoms with E-state index in [2.05, 4.69) is 26.8 Å². The van der Waals surface area contributed by atoms with Gasteiger partial charge in [0.15, 0.2) is 5.82 Å². The molecule has 0 spiro atoms. The second-order valence-electron chi connectivity index (χ2n) is 8.37. The van der Waals surface area contributed by atoms with Gasteiger partial charge in [-0.1, -0.05) is 43.3 Å². The number of carbonyl (C=O) groups excluding carboxylic acids is 1. The van der Waals surface area contributed by atoms with Gasteiger partial charge in [0.2, 0.25) is 5.88 Å². The number of hydrogen-bond acceptors (Lipinski definition) is 7. The van der Waals surface area contributed by atoms with Crippen molar-refractivity contribution in [2.75, 3.05) is 19.0 Å². The smallest absolute Gasteiger partial charge is 0.250 e. The molecular formula is C26H29N5O3. The molecule has 0 atom stereocenters. The van der Waals surface area contributed by atoms with Crippen molar-refractivity contribution < 1.29 is 14.3 Å². The van der Waals surface area contributed by atoms with E-state index in [9.17, 15) is 4.79 Å². The van der Waals surface area contributed by atoms with Gasteiger partial charge in [-0.05, 0) is 37.3 Å². The predicted octanol–water partition coefficient (Wildman–Crippen LogP) is 4.57. The predicted molar refractivity (Wildman–Crippen MR) is 130 cm³/mol. The minimum atomic E-state index is -0.314. The van der Waals surface area contributed by atoms with E-state index in [4.69, 9.17) is 14.5 Å². The molecule has 0 saturated heterocycles. The van der Waals surface area contributed by atoms with Crippen molar-refractivity contribution in [3.05, 3.63) is 65.9 Å². The fourth-order valence-corrected chi connectivity index (χ4v) is 3.65. The zero-order valence-corrected chi connectivity index (χ0v) is 19.8. The van der Waals surface area contributed by atoms with Gasteiger partial charge in [0, 0.05) is 13.0 Å². The van der Waals surface area contributed by atoms with Gasteiger partial charge in [-0.2, -0.15) is 4.98 Å². The van der Waals surface area contributed by atoms with Gasteiger partial charge in [0.25, 0.3) is 5.91 Å². The Morgan fingerprint density at radius 2 is 1.94 bits per heavy atom. The van der Waals surface area contributed by atoms with E-state index in [0.29, 0.717) is 17.4 Å². The maximum Gasteiger partial charge on any atom is 0.250 e. The topological polar surface area (TPSA) is 99.1 Å². The van der Waals surface area contributed by atoms with Crippen molar-refractivity contribution in [2.45, 2.75) is 45.6 Å². The zero-order chi connectivity index (χ0) is 24.1. The van der Waals surface area contributed by atoms with Crippen LogP contribution < -0.4 is 10.1 Å². The highest BCUT2D eigenvalue weighted by atomic mass is 16.5. The van der Waals surface area contributed by atoms with Crippen LogP contribution in [0, 0.1) is 0 Å². The van der Waals surface area contributed by atoms with Crippen LogP contribution in [0.5, 0.6) is 5.88 Å². The Kier molecular flexibility index (Phi) is 7.27. The monoisotopic (exact) mass is 459 g/mol. The Balaban J connectivity index is 1.67. The summed E-state index contributed by atoms with van der Waals surface area (Å²) in [6.07, 6.45) is 6.11. The summed E-state index contributed by atoms with van der Waals surface area (Å²) in [7, 11) is 1.46. The number of ether oxygens (including phenoxy) is 2. The molecule has 8 heteroatoms. The maximum atomic E-state index is 12.2. The van der Waals surface area contributed by atoms with Gasteiger partial charge >= 0.3 is 0 Å². The molecule has 2 aromatic heterocycles. The number of benzene rings is 1. The van der Waals surface area contributed by atoms with Crippen molar-refractivity contribution in [2.24, 2.45) is 0 Å². The number of hydrogen-bond donors (Lipinski definition) is 1. The molecule has 4 rings (SSSR count). The van der Waals surface area contributed by atoms with Gasteiger partial charge < -0.3 is 14.8 Å². The highest BCUT2D eigenvalue weighted by Gasteiger charge is 2.30. The van der Waals surface area contributed by atoms with Crippen molar-refractivity contribution in [1.29, 1.82) is 0 Å². The Morgan fingerprint density at radius 3 is 2.59 bits per heavy atom. The van der Waals surface area contributed by atoms with Crippen LogP contribution in [-0.2, 0) is 22.6 Å². The number of rotatable bonds is 10. The third-order valence-electron chi connectivity index (χ3n) is 5.60. The van der Waals surface area contributed by atoms with Crippen molar-refractivity contribution >= 4 is 17.2 Å². The number of amides is 1. The van der Waals surface area contributed by atoms with Crippen LogP contribution in [0.2, 0.25) is 0 Å². The standard InChI is InChI=1S/C26H29N5O3/c1-5-20-23(24(19-10-11-19)29-15-28-20)25-27-12-21(30-22(32)14-33-4)26(31-25)34-13-17-6-8-18(9-7-17)16(2)3/h6-9,12,15,19H,2,5,10-11,13-14H2,1,3-4H3,(H,30,32). The lowest BCUT2D eigenvalue weighted by Gasteiger charge is -2.15. The van der Waals surface area contributed by atoms with Gasteiger partial charge in [0.1, 0.15) is 25.2 Å². The first-order chi connectivity index (χ1) is 16.5. The number of aryl methyl sites for hydroxylation is 1. The normalized spacial score (nSPS) is 12.9. The Labute approximate surface area is 199 Å². The summed E-state index contributed by atoms with van der Waals surface area (Å²) in [5, 5.41) is 2.77. The molecule has 1 amide bonds. The second kappa shape index (κ2) is 10.5. The van der Waals surface area contributed by atoms with E-state index in [1.54, 1.807) is 12.5 Å². The van der Waals surface area contributed by atoms with E-state index in [1.165, 1.54) is 7.11 Å². The fourth-order valence-electron chi connectivity index (χ4n) is 3.65. The molecule has 1 aliphatic rings. The molecule has 0 unspecified atom stereocenters. The van der Waals surface area contributed by atoms with Crippen LogP contribution in [0.15, 0.2) is 43.4 Å². The third kappa shape index (κ3) is 5.46. The molecule has 0 bridgehead atoms. The molecule has 1 fully saturated rings. The van der Waals surface area contributed by atoms with Gasteiger partial charge in [0.05, 0.1) is 23.1 Å². The highest BCUT2D eigenvalue weighted by molar-refractivity contribution is 5.92. The molecule has 1 saturated carbocycles. The maximum absolute atomic E-state index is 12.2. The van der Waals surface area contributed by atoms with Crippen molar-refractivity contribution in [3.63, 3.8) is 0 Å². The van der Waals surface area contributed by atoms with Crippen LogP contribution in [-0.4, -0.2) is 39.6 Å².